The summed E-state index contributed by atoms with van der Waals surface area (Å²) in [6.45, 7) is 40.4. The van der Waals surface area contributed by atoms with Crippen molar-refractivity contribution >= 4 is 38.8 Å². The van der Waals surface area contributed by atoms with E-state index in [1.165, 1.54) is 62.2 Å². The molecular formula is C53H72Cl2Zr. The molecule has 0 saturated heterocycles. The first-order chi connectivity index (χ1) is 24.6. The standard InChI is InChI=1S/C21H25.C11H17.2C10H13.CH2.2ClH.Zr/c1-20(2,3)16-7-9-18-14(12-16)11-15-13-17(21(4,5)6)8-10-19(15)18;1-8-6-9(2)10(7-8)11(3,4)5;2*1-10(2,3)9-7-5-4-6-8-9;;;;/h7-10,12H,11H2,1-6H3;7-8H,1-5H3;2*5-8H,1-3H3;1H2;2*1H;. The summed E-state index contributed by atoms with van der Waals surface area (Å²) >= 11 is -5.26. The summed E-state index contributed by atoms with van der Waals surface area (Å²) in [5.41, 5.74) is 14.4. The fourth-order valence-corrected chi connectivity index (χ4v) is 28.9. The monoisotopic (exact) mass is 868 g/mol. The van der Waals surface area contributed by atoms with Gasteiger partial charge in [0.05, 0.1) is 0 Å². The molecule has 6 rings (SSSR count). The molecule has 0 aromatic heterocycles. The van der Waals surface area contributed by atoms with E-state index in [9.17, 15) is 0 Å². The van der Waals surface area contributed by atoms with E-state index >= 15 is 0 Å². The first-order valence-electron chi connectivity index (χ1n) is 20.6. The van der Waals surface area contributed by atoms with Crippen LogP contribution in [0.1, 0.15) is 151 Å². The number of allylic oxidation sites excluding steroid dienone is 4. The van der Waals surface area contributed by atoms with Crippen LogP contribution < -0.4 is 9.81 Å². The predicted octanol–water partition coefficient (Wildman–Crippen LogP) is 13.6. The molecule has 0 heterocycles. The summed E-state index contributed by atoms with van der Waals surface area (Å²) in [4.78, 5) is 0. The van der Waals surface area contributed by atoms with Crippen LogP contribution in [0.5, 0.6) is 0 Å². The van der Waals surface area contributed by atoms with Crippen molar-refractivity contribution in [3.63, 3.8) is 0 Å². The number of hydrogen-bond acceptors (Lipinski definition) is 0. The molecule has 1 atom stereocenters. The molecule has 2 aliphatic rings. The number of rotatable bonds is 4. The Balaban J connectivity index is 0.00000348. The Morgan fingerprint density at radius 2 is 0.964 bits per heavy atom. The van der Waals surface area contributed by atoms with E-state index in [4.69, 9.17) is 4.21 Å². The summed E-state index contributed by atoms with van der Waals surface area (Å²) in [6.07, 6.45) is 3.55. The molecule has 3 heteroatoms. The van der Waals surface area contributed by atoms with Crippen LogP contribution in [0.4, 0.5) is 0 Å². The van der Waals surface area contributed by atoms with Gasteiger partial charge in [-0.3, -0.25) is 0 Å². The molecule has 0 radical (unpaired) electrons. The minimum atomic E-state index is -5.26. The summed E-state index contributed by atoms with van der Waals surface area (Å²) in [6, 6.07) is 32.2. The Labute approximate surface area is 355 Å². The summed E-state index contributed by atoms with van der Waals surface area (Å²) in [5, 5.41) is 0. The average molecular weight is 871 g/mol. The zero-order chi connectivity index (χ0) is 40.2. The molecule has 4 aromatic carbocycles. The third-order valence-corrected chi connectivity index (χ3v) is 30.1. The normalized spacial score (nSPS) is 16.5. The Morgan fingerprint density at radius 3 is 1.36 bits per heavy atom. The fraction of sp³-hybridized carbons (Fsp3) is 0.453. The van der Waals surface area contributed by atoms with Gasteiger partial charge >= 0.3 is 333 Å². The molecule has 0 fully saturated rings. The molecule has 4 aromatic rings. The second kappa shape index (κ2) is 14.8. The van der Waals surface area contributed by atoms with Crippen molar-refractivity contribution < 1.29 is 18.3 Å². The van der Waals surface area contributed by atoms with Crippen LogP contribution in [0.2, 0.25) is 0 Å². The van der Waals surface area contributed by atoms with Crippen LogP contribution in [0.3, 0.4) is 0 Å². The van der Waals surface area contributed by atoms with Crippen LogP contribution >= 0.6 is 24.8 Å². The molecule has 0 bridgehead atoms. The Kier molecular flexibility index (Phi) is 12.2. The number of benzene rings is 4. The predicted molar refractivity (Wildman–Crippen MR) is 252 cm³/mol. The van der Waals surface area contributed by atoms with E-state index < -0.39 is 18.3 Å². The van der Waals surface area contributed by atoms with Crippen molar-refractivity contribution in [1.82, 2.24) is 0 Å². The molecule has 0 amide bonds. The Morgan fingerprint density at radius 1 is 0.536 bits per heavy atom. The van der Waals surface area contributed by atoms with Gasteiger partial charge in [0, 0.05) is 0 Å². The van der Waals surface area contributed by atoms with Crippen LogP contribution in [-0.2, 0) is 46.4 Å². The first kappa shape index (κ1) is 46.4. The third-order valence-electron chi connectivity index (χ3n) is 13.2. The Hall–Kier alpha value is -2.31. The average Bonchev–Trinajstić information content (AvgIpc) is 3.58. The van der Waals surface area contributed by atoms with Crippen molar-refractivity contribution in [3.05, 3.63) is 133 Å². The van der Waals surface area contributed by atoms with Gasteiger partial charge in [-0.25, -0.2) is 0 Å². The van der Waals surface area contributed by atoms with E-state index in [1.807, 2.05) is 0 Å². The quantitative estimate of drug-likeness (QED) is 0.169. The maximum absolute atomic E-state index is 6.08. The molecule has 0 nitrogen and oxygen atoms in total. The van der Waals surface area contributed by atoms with Gasteiger partial charge in [0.1, 0.15) is 0 Å². The summed E-state index contributed by atoms with van der Waals surface area (Å²) in [7, 11) is 0. The molecule has 56 heavy (non-hydrogen) atoms. The topological polar surface area (TPSA) is 0 Å². The van der Waals surface area contributed by atoms with E-state index in [-0.39, 0.29) is 57.8 Å². The molecule has 0 spiro atoms. The van der Waals surface area contributed by atoms with Crippen LogP contribution in [-0.4, -0.2) is 4.21 Å². The summed E-state index contributed by atoms with van der Waals surface area (Å²) < 4.78 is 12.2. The third kappa shape index (κ3) is 7.43. The van der Waals surface area contributed by atoms with Crippen molar-refractivity contribution in [3.8, 4) is 11.1 Å². The van der Waals surface area contributed by atoms with E-state index in [2.05, 4.69) is 203 Å². The zero-order valence-corrected chi connectivity index (χ0v) is 42.0. The second-order valence-electron chi connectivity index (χ2n) is 22.3. The van der Waals surface area contributed by atoms with Gasteiger partial charge in [-0.05, 0) is 0 Å². The van der Waals surface area contributed by atoms with E-state index in [1.54, 1.807) is 6.55 Å². The molecule has 0 aliphatic heterocycles. The van der Waals surface area contributed by atoms with E-state index in [0.717, 1.165) is 6.42 Å². The van der Waals surface area contributed by atoms with Gasteiger partial charge in [-0.15, -0.1) is 24.8 Å². The van der Waals surface area contributed by atoms with Gasteiger partial charge < -0.3 is 0 Å². The van der Waals surface area contributed by atoms with Crippen LogP contribution in [0.25, 0.3) is 11.1 Å². The van der Waals surface area contributed by atoms with E-state index in [0.29, 0.717) is 0 Å². The SMILES string of the molecule is Cl.Cl.[CH2]=[Zr]([C]1=C(C)C(C(C)(C)C)=CC1C)([c]1ccc(C(C)(C)C)cc1)([c]1ccc(C(C)(C)C)cc1)[c]1c(C(C)(C)C)ccc2c1Cc1cc(C(C)(C)C)ccc1-2. The van der Waals surface area contributed by atoms with Crippen molar-refractivity contribution in [2.24, 2.45) is 11.3 Å². The number of halogens is 2. The molecular weight excluding hydrogens is 799 g/mol. The molecule has 2 aliphatic carbocycles. The van der Waals surface area contributed by atoms with Gasteiger partial charge in [-0.1, -0.05) is 0 Å². The first-order valence-corrected chi connectivity index (χ1v) is 27.2. The molecule has 0 N–H and O–H groups in total. The second-order valence-corrected chi connectivity index (χ2v) is 34.9. The van der Waals surface area contributed by atoms with Crippen LogP contribution in [0.15, 0.2) is 99.4 Å². The van der Waals surface area contributed by atoms with Gasteiger partial charge in [0.2, 0.25) is 0 Å². The molecule has 0 saturated carbocycles. The molecule has 302 valence electrons. The maximum atomic E-state index is 6.08. The number of hydrogen-bond donors (Lipinski definition) is 0. The van der Waals surface area contributed by atoms with Crippen LogP contribution in [0, 0.1) is 11.3 Å². The zero-order valence-electron chi connectivity index (χ0n) is 37.9. The van der Waals surface area contributed by atoms with Crippen molar-refractivity contribution in [1.29, 1.82) is 0 Å². The number of fused-ring (bicyclic) bond motifs is 3. The van der Waals surface area contributed by atoms with Crippen molar-refractivity contribution in [2.75, 3.05) is 0 Å². The minimum absolute atomic E-state index is 0. The van der Waals surface area contributed by atoms with Crippen molar-refractivity contribution in [2.45, 2.75) is 146 Å². The van der Waals surface area contributed by atoms with Gasteiger partial charge in [0.25, 0.3) is 0 Å². The van der Waals surface area contributed by atoms with Gasteiger partial charge in [0.15, 0.2) is 0 Å². The fourth-order valence-electron chi connectivity index (χ4n) is 10.2. The van der Waals surface area contributed by atoms with Gasteiger partial charge in [-0.2, -0.15) is 0 Å². The Bertz CT molecular complexity index is 2200. The molecule has 1 unspecified atom stereocenters. The summed E-state index contributed by atoms with van der Waals surface area (Å²) in [5.74, 6) is 0.256.